The Morgan fingerprint density at radius 1 is 1.26 bits per heavy atom. The quantitative estimate of drug-likeness (QED) is 0.906. The molecular weight excluding hydrogens is 236 g/mol. The zero-order chi connectivity index (χ0) is 14.2. The second kappa shape index (κ2) is 4.99. The number of hydrogen-bond donors (Lipinski definition) is 1. The van der Waals surface area contributed by atoms with E-state index in [1.165, 1.54) is 12.8 Å². The number of anilines is 2. The summed E-state index contributed by atoms with van der Waals surface area (Å²) in [4.78, 5) is 11.7. The summed E-state index contributed by atoms with van der Waals surface area (Å²) >= 11 is 0. The number of hydrogen-bond acceptors (Lipinski definition) is 4. The number of rotatable bonds is 4. The highest BCUT2D eigenvalue weighted by molar-refractivity contribution is 5.58. The van der Waals surface area contributed by atoms with E-state index in [4.69, 9.17) is 10.7 Å². The van der Waals surface area contributed by atoms with Gasteiger partial charge in [-0.05, 0) is 26.2 Å². The number of aromatic nitrogens is 2. The summed E-state index contributed by atoms with van der Waals surface area (Å²) in [5.41, 5.74) is 7.05. The van der Waals surface area contributed by atoms with Gasteiger partial charge in [-0.15, -0.1) is 0 Å². The van der Waals surface area contributed by atoms with Gasteiger partial charge in [0.1, 0.15) is 17.5 Å². The van der Waals surface area contributed by atoms with Gasteiger partial charge >= 0.3 is 0 Å². The Kier molecular flexibility index (Phi) is 3.70. The molecule has 1 fully saturated rings. The zero-order valence-corrected chi connectivity index (χ0v) is 12.8. The molecule has 4 heteroatoms. The molecule has 1 saturated carbocycles. The largest absolute Gasteiger partial charge is 0.383 e. The molecule has 0 atom stereocenters. The van der Waals surface area contributed by atoms with Crippen molar-refractivity contribution in [3.05, 3.63) is 11.4 Å². The molecule has 1 aliphatic carbocycles. The van der Waals surface area contributed by atoms with Crippen LogP contribution in [0.15, 0.2) is 0 Å². The molecule has 0 aliphatic heterocycles. The SMILES string of the molecule is CCCN(c1nc(C(C)(C)C)nc(N)c1C)C1CC1. The van der Waals surface area contributed by atoms with E-state index in [1.54, 1.807) is 0 Å². The van der Waals surface area contributed by atoms with E-state index in [-0.39, 0.29) is 5.41 Å². The summed E-state index contributed by atoms with van der Waals surface area (Å²) in [7, 11) is 0. The Morgan fingerprint density at radius 3 is 2.37 bits per heavy atom. The normalized spacial score (nSPS) is 15.6. The van der Waals surface area contributed by atoms with E-state index < -0.39 is 0 Å². The summed E-state index contributed by atoms with van der Waals surface area (Å²) in [6.07, 6.45) is 3.67. The predicted molar refractivity (Wildman–Crippen MR) is 80.5 cm³/mol. The van der Waals surface area contributed by atoms with Gasteiger partial charge in [-0.25, -0.2) is 9.97 Å². The van der Waals surface area contributed by atoms with Crippen LogP contribution in [0.3, 0.4) is 0 Å². The standard InChI is InChI=1S/C15H26N4/c1-6-9-19(11-7-8-11)13-10(2)12(16)17-14(18-13)15(3,4)5/h11H,6-9H2,1-5H3,(H2,16,17,18). The molecule has 1 aromatic heterocycles. The average molecular weight is 262 g/mol. The highest BCUT2D eigenvalue weighted by Crippen LogP contribution is 2.34. The van der Waals surface area contributed by atoms with Crippen molar-refractivity contribution in [3.8, 4) is 0 Å². The third-order valence-electron chi connectivity index (χ3n) is 3.55. The van der Waals surface area contributed by atoms with Gasteiger partial charge in [-0.1, -0.05) is 27.7 Å². The van der Waals surface area contributed by atoms with Gasteiger partial charge in [0.25, 0.3) is 0 Å². The van der Waals surface area contributed by atoms with Crippen molar-refractivity contribution in [3.63, 3.8) is 0 Å². The molecule has 0 bridgehead atoms. The van der Waals surface area contributed by atoms with E-state index in [0.717, 1.165) is 30.2 Å². The van der Waals surface area contributed by atoms with Crippen molar-refractivity contribution in [2.75, 3.05) is 17.2 Å². The highest BCUT2D eigenvalue weighted by atomic mass is 15.2. The number of nitrogen functional groups attached to an aromatic ring is 1. The fraction of sp³-hybridized carbons (Fsp3) is 0.733. The predicted octanol–water partition coefficient (Wildman–Crippen LogP) is 3.04. The fourth-order valence-electron chi connectivity index (χ4n) is 2.23. The van der Waals surface area contributed by atoms with Crippen molar-refractivity contribution in [1.82, 2.24) is 9.97 Å². The minimum absolute atomic E-state index is 0.0714. The fourth-order valence-corrected chi connectivity index (χ4v) is 2.23. The van der Waals surface area contributed by atoms with Crippen molar-refractivity contribution in [1.29, 1.82) is 0 Å². The first kappa shape index (κ1) is 14.1. The lowest BCUT2D eigenvalue weighted by Gasteiger charge is -2.27. The lowest BCUT2D eigenvalue weighted by molar-refractivity contribution is 0.543. The Balaban J connectivity index is 2.45. The summed E-state index contributed by atoms with van der Waals surface area (Å²) < 4.78 is 0. The molecule has 2 N–H and O–H groups in total. The maximum Gasteiger partial charge on any atom is 0.138 e. The first-order chi connectivity index (χ1) is 8.84. The second-order valence-corrected chi connectivity index (χ2v) is 6.56. The van der Waals surface area contributed by atoms with E-state index in [1.807, 2.05) is 6.92 Å². The minimum atomic E-state index is -0.0714. The molecule has 1 aliphatic rings. The topological polar surface area (TPSA) is 55.0 Å². The third-order valence-corrected chi connectivity index (χ3v) is 3.55. The van der Waals surface area contributed by atoms with Gasteiger partial charge in [0.2, 0.25) is 0 Å². The monoisotopic (exact) mass is 262 g/mol. The van der Waals surface area contributed by atoms with Crippen LogP contribution in [-0.2, 0) is 5.41 Å². The Labute approximate surface area is 116 Å². The smallest absolute Gasteiger partial charge is 0.138 e. The molecule has 2 rings (SSSR count). The highest BCUT2D eigenvalue weighted by Gasteiger charge is 2.32. The average Bonchev–Trinajstić information content (AvgIpc) is 3.12. The lowest BCUT2D eigenvalue weighted by Crippen LogP contribution is -2.30. The van der Waals surface area contributed by atoms with Crippen LogP contribution in [-0.4, -0.2) is 22.6 Å². The van der Waals surface area contributed by atoms with Crippen molar-refractivity contribution >= 4 is 11.6 Å². The minimum Gasteiger partial charge on any atom is -0.383 e. The van der Waals surface area contributed by atoms with Gasteiger partial charge in [0.05, 0.1) is 0 Å². The summed E-state index contributed by atoms with van der Waals surface area (Å²) in [6.45, 7) is 11.7. The third kappa shape index (κ3) is 2.99. The van der Waals surface area contributed by atoms with Crippen LogP contribution in [0.25, 0.3) is 0 Å². The Hall–Kier alpha value is -1.32. The van der Waals surface area contributed by atoms with Crippen LogP contribution in [0.4, 0.5) is 11.6 Å². The van der Waals surface area contributed by atoms with Gasteiger partial charge in [0, 0.05) is 23.6 Å². The van der Waals surface area contributed by atoms with Crippen LogP contribution in [0.2, 0.25) is 0 Å². The van der Waals surface area contributed by atoms with Crippen molar-refractivity contribution in [2.45, 2.75) is 65.3 Å². The summed E-state index contributed by atoms with van der Waals surface area (Å²) in [5.74, 6) is 2.51. The van der Waals surface area contributed by atoms with Crippen LogP contribution in [0, 0.1) is 6.92 Å². The van der Waals surface area contributed by atoms with Gasteiger partial charge in [-0.2, -0.15) is 0 Å². The maximum absolute atomic E-state index is 6.09. The molecule has 106 valence electrons. The van der Waals surface area contributed by atoms with Crippen molar-refractivity contribution in [2.24, 2.45) is 0 Å². The molecule has 0 saturated heterocycles. The van der Waals surface area contributed by atoms with Crippen LogP contribution in [0.5, 0.6) is 0 Å². The molecular formula is C15H26N4. The Morgan fingerprint density at radius 2 is 1.89 bits per heavy atom. The summed E-state index contributed by atoms with van der Waals surface area (Å²) in [5, 5.41) is 0. The van der Waals surface area contributed by atoms with Gasteiger partial charge in [-0.3, -0.25) is 0 Å². The molecule has 19 heavy (non-hydrogen) atoms. The van der Waals surface area contributed by atoms with Crippen LogP contribution >= 0.6 is 0 Å². The first-order valence-electron chi connectivity index (χ1n) is 7.25. The zero-order valence-electron chi connectivity index (χ0n) is 12.8. The van der Waals surface area contributed by atoms with E-state index >= 15 is 0 Å². The maximum atomic E-state index is 6.09. The van der Waals surface area contributed by atoms with Gasteiger partial charge < -0.3 is 10.6 Å². The van der Waals surface area contributed by atoms with E-state index in [0.29, 0.717) is 11.9 Å². The summed E-state index contributed by atoms with van der Waals surface area (Å²) in [6, 6.07) is 0.653. The first-order valence-corrected chi connectivity index (χ1v) is 7.25. The lowest BCUT2D eigenvalue weighted by atomic mass is 9.95. The number of nitrogens with two attached hydrogens (primary N) is 1. The number of nitrogens with zero attached hydrogens (tertiary/aromatic N) is 3. The molecule has 1 aromatic rings. The molecule has 0 aromatic carbocycles. The van der Waals surface area contributed by atoms with E-state index in [2.05, 4.69) is 37.6 Å². The van der Waals surface area contributed by atoms with E-state index in [9.17, 15) is 0 Å². The Bertz CT molecular complexity index is 458. The van der Waals surface area contributed by atoms with Crippen molar-refractivity contribution < 1.29 is 0 Å². The van der Waals surface area contributed by atoms with Crippen LogP contribution < -0.4 is 10.6 Å². The molecule has 0 radical (unpaired) electrons. The second-order valence-electron chi connectivity index (χ2n) is 6.56. The van der Waals surface area contributed by atoms with Crippen LogP contribution in [0.1, 0.15) is 58.3 Å². The molecule has 4 nitrogen and oxygen atoms in total. The molecule has 0 spiro atoms. The molecule has 1 heterocycles. The molecule has 0 unspecified atom stereocenters. The molecule has 0 amide bonds. The van der Waals surface area contributed by atoms with Gasteiger partial charge in [0.15, 0.2) is 0 Å².